The quantitative estimate of drug-likeness (QED) is 0.612. The summed E-state index contributed by atoms with van der Waals surface area (Å²) in [6, 6.07) is 12.4. The first kappa shape index (κ1) is 22.3. The topological polar surface area (TPSA) is 12.0 Å². The second kappa shape index (κ2) is 12.7. The van der Waals surface area contributed by atoms with Gasteiger partial charge in [-0.15, -0.1) is 0 Å². The third-order valence-electron chi connectivity index (χ3n) is 3.53. The highest BCUT2D eigenvalue weighted by Gasteiger charge is 1.97. The fourth-order valence-corrected chi connectivity index (χ4v) is 2.38. The number of anilines is 1. The van der Waals surface area contributed by atoms with Gasteiger partial charge in [-0.05, 0) is 55.2 Å². The minimum atomic E-state index is 0.764. The number of hydrogen-bond donors (Lipinski definition) is 1. The molecule has 0 spiro atoms. The highest BCUT2D eigenvalue weighted by atomic mass is 35.5. The van der Waals surface area contributed by atoms with Crippen molar-refractivity contribution in [2.24, 2.45) is 0 Å². The van der Waals surface area contributed by atoms with Gasteiger partial charge in [0.05, 0.1) is 0 Å². The van der Waals surface area contributed by atoms with Crippen molar-refractivity contribution in [1.29, 1.82) is 0 Å². The van der Waals surface area contributed by atoms with Crippen LogP contribution in [0.4, 0.5) is 5.69 Å². The van der Waals surface area contributed by atoms with Gasteiger partial charge >= 0.3 is 0 Å². The molecule has 0 saturated carbocycles. The molecule has 0 heterocycles. The molecule has 24 heavy (non-hydrogen) atoms. The summed E-state index contributed by atoms with van der Waals surface area (Å²) in [7, 11) is 1.96. The Morgan fingerprint density at radius 2 is 1.75 bits per heavy atom. The Morgan fingerprint density at radius 3 is 2.25 bits per heavy atom. The second-order valence-corrected chi connectivity index (χ2v) is 5.78. The SMILES string of the molecule is C=Cc1cc(C)ccc1Cl.CC.CCCc1cc(NC)ccc1C. The molecule has 2 aromatic carbocycles. The van der Waals surface area contributed by atoms with Crippen LogP contribution in [0, 0.1) is 13.8 Å². The zero-order valence-corrected chi connectivity index (χ0v) is 16.8. The van der Waals surface area contributed by atoms with E-state index < -0.39 is 0 Å². The van der Waals surface area contributed by atoms with E-state index in [-0.39, 0.29) is 0 Å². The zero-order valence-electron chi connectivity index (χ0n) is 16.0. The van der Waals surface area contributed by atoms with E-state index in [1.807, 2.05) is 46.0 Å². The molecule has 0 aliphatic heterocycles. The maximum atomic E-state index is 5.83. The van der Waals surface area contributed by atoms with Gasteiger partial charge in [0.1, 0.15) is 0 Å². The van der Waals surface area contributed by atoms with Gasteiger partial charge in [0.15, 0.2) is 0 Å². The average molecular weight is 346 g/mol. The zero-order chi connectivity index (χ0) is 18.5. The molecule has 0 bridgehead atoms. The van der Waals surface area contributed by atoms with Crippen molar-refractivity contribution in [1.82, 2.24) is 0 Å². The molecule has 0 atom stereocenters. The van der Waals surface area contributed by atoms with Crippen molar-refractivity contribution < 1.29 is 0 Å². The predicted octanol–water partition coefficient (Wildman–Crippen LogP) is 7.31. The summed E-state index contributed by atoms with van der Waals surface area (Å²) in [4.78, 5) is 0. The maximum absolute atomic E-state index is 5.83. The van der Waals surface area contributed by atoms with Crippen molar-refractivity contribution >= 4 is 23.4 Å². The Kier molecular flexibility index (Phi) is 11.8. The Labute approximate surface area is 153 Å². The van der Waals surface area contributed by atoms with Crippen molar-refractivity contribution in [2.45, 2.75) is 47.5 Å². The average Bonchev–Trinajstić information content (AvgIpc) is 2.61. The van der Waals surface area contributed by atoms with Crippen LogP contribution in [0.1, 0.15) is 49.4 Å². The Bertz CT molecular complexity index is 617. The fourth-order valence-electron chi connectivity index (χ4n) is 2.19. The lowest BCUT2D eigenvalue weighted by atomic mass is 10.0. The molecule has 0 saturated heterocycles. The number of nitrogens with one attached hydrogen (secondary N) is 1. The van der Waals surface area contributed by atoms with Crippen LogP contribution >= 0.6 is 11.6 Å². The van der Waals surface area contributed by atoms with Crippen molar-refractivity contribution in [2.75, 3.05) is 12.4 Å². The summed E-state index contributed by atoms with van der Waals surface area (Å²) in [5.74, 6) is 0. The molecule has 0 radical (unpaired) electrons. The molecule has 0 aliphatic carbocycles. The van der Waals surface area contributed by atoms with Gasteiger partial charge in [0, 0.05) is 17.8 Å². The predicted molar refractivity (Wildman–Crippen MR) is 112 cm³/mol. The smallest absolute Gasteiger partial charge is 0.0478 e. The molecule has 132 valence electrons. The van der Waals surface area contributed by atoms with Crippen LogP contribution in [-0.2, 0) is 6.42 Å². The Morgan fingerprint density at radius 1 is 1.08 bits per heavy atom. The van der Waals surface area contributed by atoms with E-state index in [0.717, 1.165) is 10.6 Å². The molecule has 2 rings (SSSR count). The van der Waals surface area contributed by atoms with E-state index in [9.17, 15) is 0 Å². The van der Waals surface area contributed by atoms with Crippen LogP contribution in [0.25, 0.3) is 6.08 Å². The Hall–Kier alpha value is -1.73. The van der Waals surface area contributed by atoms with Crippen LogP contribution in [-0.4, -0.2) is 7.05 Å². The van der Waals surface area contributed by atoms with Gasteiger partial charge in [0.25, 0.3) is 0 Å². The van der Waals surface area contributed by atoms with Crippen LogP contribution in [0.5, 0.6) is 0 Å². The largest absolute Gasteiger partial charge is 0.388 e. The monoisotopic (exact) mass is 345 g/mol. The third kappa shape index (κ3) is 7.70. The summed E-state index contributed by atoms with van der Waals surface area (Å²) in [6.45, 7) is 14.1. The number of aryl methyl sites for hydroxylation is 3. The highest BCUT2D eigenvalue weighted by Crippen LogP contribution is 2.18. The maximum Gasteiger partial charge on any atom is 0.0478 e. The van der Waals surface area contributed by atoms with Crippen LogP contribution in [0.2, 0.25) is 5.02 Å². The lowest BCUT2D eigenvalue weighted by Crippen LogP contribution is -1.93. The molecular weight excluding hydrogens is 314 g/mol. The van der Waals surface area contributed by atoms with Gasteiger partial charge in [0.2, 0.25) is 0 Å². The number of hydrogen-bond acceptors (Lipinski definition) is 1. The molecule has 0 aliphatic rings. The molecule has 0 aromatic heterocycles. The summed E-state index contributed by atoms with van der Waals surface area (Å²) in [6.07, 6.45) is 4.16. The standard InChI is InChI=1S/C11H17N.C9H9Cl.C2H6/c1-4-5-10-8-11(12-3)7-6-9(10)2;1-3-8-6-7(2)4-5-9(8)10;1-2/h6-8,12H,4-5H2,1-3H3;3-6H,1H2,2H3;1-2H3. The van der Waals surface area contributed by atoms with E-state index >= 15 is 0 Å². The van der Waals surface area contributed by atoms with Gasteiger partial charge in [-0.3, -0.25) is 0 Å². The van der Waals surface area contributed by atoms with Crippen LogP contribution in [0.3, 0.4) is 0 Å². The van der Waals surface area contributed by atoms with Gasteiger partial charge in [-0.1, -0.05) is 75.2 Å². The van der Waals surface area contributed by atoms with E-state index in [2.05, 4.69) is 43.9 Å². The van der Waals surface area contributed by atoms with E-state index in [0.29, 0.717) is 0 Å². The first-order chi connectivity index (χ1) is 11.5. The molecule has 1 N–H and O–H groups in total. The van der Waals surface area contributed by atoms with Gasteiger partial charge in [-0.25, -0.2) is 0 Å². The molecule has 1 nitrogen and oxygen atoms in total. The van der Waals surface area contributed by atoms with Gasteiger partial charge < -0.3 is 5.32 Å². The summed E-state index contributed by atoms with van der Waals surface area (Å²) in [5.41, 5.74) is 6.28. The van der Waals surface area contributed by atoms with Crippen LogP contribution < -0.4 is 5.32 Å². The molecule has 2 aromatic rings. The molecule has 0 unspecified atom stereocenters. The van der Waals surface area contributed by atoms with E-state index in [1.165, 1.54) is 35.2 Å². The number of halogens is 1. The summed E-state index contributed by atoms with van der Waals surface area (Å²) in [5, 5.41) is 3.92. The third-order valence-corrected chi connectivity index (χ3v) is 3.87. The lowest BCUT2D eigenvalue weighted by molar-refractivity contribution is 0.913. The molecule has 0 fully saturated rings. The van der Waals surface area contributed by atoms with Crippen molar-refractivity contribution in [3.05, 3.63) is 70.3 Å². The minimum absolute atomic E-state index is 0.764. The fraction of sp³-hybridized carbons (Fsp3) is 0.364. The lowest BCUT2D eigenvalue weighted by Gasteiger charge is -2.07. The first-order valence-corrected chi connectivity index (χ1v) is 9.05. The summed E-state index contributed by atoms with van der Waals surface area (Å²) < 4.78 is 0. The number of benzene rings is 2. The normalized spacial score (nSPS) is 9.12. The number of rotatable bonds is 4. The van der Waals surface area contributed by atoms with Gasteiger partial charge in [-0.2, -0.15) is 0 Å². The summed E-state index contributed by atoms with van der Waals surface area (Å²) >= 11 is 5.83. The van der Waals surface area contributed by atoms with Crippen LogP contribution in [0.15, 0.2) is 43.0 Å². The second-order valence-electron chi connectivity index (χ2n) is 5.37. The van der Waals surface area contributed by atoms with E-state index in [4.69, 9.17) is 11.6 Å². The highest BCUT2D eigenvalue weighted by molar-refractivity contribution is 6.32. The molecule has 0 amide bonds. The van der Waals surface area contributed by atoms with Crippen molar-refractivity contribution in [3.8, 4) is 0 Å². The molecule has 2 heteroatoms. The van der Waals surface area contributed by atoms with E-state index in [1.54, 1.807) is 6.08 Å². The first-order valence-electron chi connectivity index (χ1n) is 8.67. The van der Waals surface area contributed by atoms with Crippen molar-refractivity contribution in [3.63, 3.8) is 0 Å². The minimum Gasteiger partial charge on any atom is -0.388 e. The molecular formula is C22H32ClN. The Balaban J connectivity index is 0.000000405.